The fraction of sp³-hybridized carbons (Fsp3) is 0.833. The molecule has 12 heavy (non-hydrogen) atoms. The average molecular weight is 168 g/mol. The number of rotatable bonds is 6. The molecule has 0 heterocycles. The molecule has 0 aliphatic rings. The van der Waals surface area contributed by atoms with Gasteiger partial charge in [0, 0.05) is 0 Å². The summed E-state index contributed by atoms with van der Waals surface area (Å²) in [5, 5.41) is 0. The van der Waals surface area contributed by atoms with Crippen LogP contribution in [0.4, 0.5) is 0 Å². The summed E-state index contributed by atoms with van der Waals surface area (Å²) in [7, 11) is 0. The van der Waals surface area contributed by atoms with E-state index in [-0.39, 0.29) is 0 Å². The fourth-order valence-electron chi connectivity index (χ4n) is 1.30. The topological polar surface area (TPSA) is 0 Å². The lowest BCUT2D eigenvalue weighted by molar-refractivity contribution is 0.674. The van der Waals surface area contributed by atoms with E-state index in [4.69, 9.17) is 0 Å². The van der Waals surface area contributed by atoms with Gasteiger partial charge in [-0.05, 0) is 25.2 Å². The van der Waals surface area contributed by atoms with Crippen molar-refractivity contribution in [2.24, 2.45) is 5.92 Å². The van der Waals surface area contributed by atoms with Crippen molar-refractivity contribution in [3.63, 3.8) is 0 Å². The molecule has 0 nitrogen and oxygen atoms in total. The molecule has 1 atom stereocenters. The molecule has 72 valence electrons. The molecule has 0 N–H and O–H groups in total. The molecule has 0 rings (SSSR count). The molecule has 0 fully saturated rings. The summed E-state index contributed by atoms with van der Waals surface area (Å²) in [6.07, 6.45) is 8.97. The third-order valence-corrected chi connectivity index (χ3v) is 2.47. The van der Waals surface area contributed by atoms with E-state index in [9.17, 15) is 0 Å². The van der Waals surface area contributed by atoms with E-state index in [1.165, 1.54) is 32.1 Å². The Hall–Kier alpha value is -0.260. The Morgan fingerprint density at radius 2 is 1.92 bits per heavy atom. The van der Waals surface area contributed by atoms with Crippen LogP contribution < -0.4 is 0 Å². The minimum atomic E-state index is 0.775. The predicted octanol–water partition coefficient (Wildman–Crippen LogP) is 4.56. The normalized spacial score (nSPS) is 14.8. The first-order valence-electron chi connectivity index (χ1n) is 5.44. The van der Waals surface area contributed by atoms with Crippen molar-refractivity contribution in [1.29, 1.82) is 0 Å². The third-order valence-electron chi connectivity index (χ3n) is 2.47. The first-order chi connectivity index (χ1) is 5.74. The highest BCUT2D eigenvalue weighted by molar-refractivity contribution is 5.02. The van der Waals surface area contributed by atoms with Gasteiger partial charge in [0.25, 0.3) is 0 Å². The minimum Gasteiger partial charge on any atom is -0.0825 e. The molecule has 0 aliphatic carbocycles. The Bertz CT molecular complexity index is 122. The van der Waals surface area contributed by atoms with Gasteiger partial charge in [-0.1, -0.05) is 52.2 Å². The Morgan fingerprint density at radius 3 is 2.33 bits per heavy atom. The zero-order valence-corrected chi connectivity index (χ0v) is 9.19. The summed E-state index contributed by atoms with van der Waals surface area (Å²) < 4.78 is 0. The van der Waals surface area contributed by atoms with Gasteiger partial charge in [0.1, 0.15) is 0 Å². The molecule has 0 saturated heterocycles. The average Bonchev–Trinajstić information content (AvgIpc) is 2.11. The van der Waals surface area contributed by atoms with E-state index in [1.807, 2.05) is 0 Å². The lowest BCUT2D eigenvalue weighted by Gasteiger charge is -2.07. The summed E-state index contributed by atoms with van der Waals surface area (Å²) >= 11 is 0. The number of hydrogen-bond donors (Lipinski definition) is 0. The molecule has 0 aromatic carbocycles. The van der Waals surface area contributed by atoms with E-state index < -0.39 is 0 Å². The molecule has 0 heteroatoms. The summed E-state index contributed by atoms with van der Waals surface area (Å²) in [6.45, 7) is 9.09. The van der Waals surface area contributed by atoms with Crippen molar-refractivity contribution >= 4 is 0 Å². The quantitative estimate of drug-likeness (QED) is 0.510. The van der Waals surface area contributed by atoms with Gasteiger partial charge in [-0.25, -0.2) is 0 Å². The molecule has 0 saturated carbocycles. The van der Waals surface area contributed by atoms with Crippen LogP contribution in [-0.4, -0.2) is 0 Å². The van der Waals surface area contributed by atoms with Crippen molar-refractivity contribution < 1.29 is 0 Å². The second kappa shape index (κ2) is 7.39. The van der Waals surface area contributed by atoms with Crippen molar-refractivity contribution in [1.82, 2.24) is 0 Å². The van der Waals surface area contributed by atoms with Gasteiger partial charge in [0.05, 0.1) is 0 Å². The molecule has 0 spiro atoms. The van der Waals surface area contributed by atoms with E-state index in [1.54, 1.807) is 5.57 Å². The zero-order valence-electron chi connectivity index (χ0n) is 9.19. The zero-order chi connectivity index (χ0) is 9.40. The highest BCUT2D eigenvalue weighted by Crippen LogP contribution is 2.15. The van der Waals surface area contributed by atoms with E-state index in [0.717, 1.165) is 5.92 Å². The van der Waals surface area contributed by atoms with Gasteiger partial charge in [0.15, 0.2) is 0 Å². The van der Waals surface area contributed by atoms with Crippen LogP contribution >= 0.6 is 0 Å². The van der Waals surface area contributed by atoms with Crippen molar-refractivity contribution in [3.05, 3.63) is 11.6 Å². The number of unbranched alkanes of at least 4 members (excludes halogenated alkanes) is 1. The summed E-state index contributed by atoms with van der Waals surface area (Å²) in [5.74, 6) is 0.775. The van der Waals surface area contributed by atoms with Gasteiger partial charge in [0.2, 0.25) is 0 Å². The second-order valence-corrected chi connectivity index (χ2v) is 3.67. The van der Waals surface area contributed by atoms with E-state index in [0.29, 0.717) is 0 Å². The van der Waals surface area contributed by atoms with Crippen LogP contribution in [0.1, 0.15) is 59.8 Å². The monoisotopic (exact) mass is 168 g/mol. The molecule has 0 amide bonds. The van der Waals surface area contributed by atoms with Crippen LogP contribution in [0.2, 0.25) is 0 Å². The van der Waals surface area contributed by atoms with E-state index in [2.05, 4.69) is 33.8 Å². The summed E-state index contributed by atoms with van der Waals surface area (Å²) in [6, 6.07) is 0. The summed E-state index contributed by atoms with van der Waals surface area (Å²) in [5.41, 5.74) is 1.66. The Morgan fingerprint density at radius 1 is 1.25 bits per heavy atom. The van der Waals surface area contributed by atoms with Crippen molar-refractivity contribution in [2.45, 2.75) is 59.8 Å². The van der Waals surface area contributed by atoms with Crippen molar-refractivity contribution in [2.75, 3.05) is 0 Å². The molecular formula is C12H24. The van der Waals surface area contributed by atoms with Gasteiger partial charge < -0.3 is 0 Å². The van der Waals surface area contributed by atoms with Crippen LogP contribution in [-0.2, 0) is 0 Å². The van der Waals surface area contributed by atoms with Crippen LogP contribution in [0.15, 0.2) is 11.6 Å². The fourth-order valence-corrected chi connectivity index (χ4v) is 1.30. The van der Waals surface area contributed by atoms with Crippen LogP contribution in [0.3, 0.4) is 0 Å². The number of hydrogen-bond acceptors (Lipinski definition) is 0. The standard InChI is InChI=1S/C12H24/c1-5-8-9-12(7-3)10-11(4)6-2/h10-11H,5-9H2,1-4H3. The highest BCUT2D eigenvalue weighted by atomic mass is 14.0. The highest BCUT2D eigenvalue weighted by Gasteiger charge is 1.97. The maximum Gasteiger partial charge on any atom is -0.0262 e. The molecular weight excluding hydrogens is 144 g/mol. The Kier molecular flexibility index (Phi) is 7.23. The van der Waals surface area contributed by atoms with Gasteiger partial charge in [-0.15, -0.1) is 0 Å². The Balaban J connectivity index is 3.85. The molecule has 0 aromatic heterocycles. The molecule has 0 radical (unpaired) electrons. The van der Waals surface area contributed by atoms with Crippen LogP contribution in [0.25, 0.3) is 0 Å². The summed E-state index contributed by atoms with van der Waals surface area (Å²) in [4.78, 5) is 0. The van der Waals surface area contributed by atoms with Crippen LogP contribution in [0, 0.1) is 5.92 Å². The second-order valence-electron chi connectivity index (χ2n) is 3.67. The third kappa shape index (κ3) is 5.40. The Labute approximate surface area is 78.1 Å². The SMILES string of the molecule is CCCCC(=CC(C)CC)CC. The first kappa shape index (κ1) is 11.7. The molecule has 1 unspecified atom stereocenters. The predicted molar refractivity (Wildman–Crippen MR) is 57.4 cm³/mol. The lowest BCUT2D eigenvalue weighted by Crippen LogP contribution is -1.90. The molecule has 0 bridgehead atoms. The van der Waals surface area contributed by atoms with Crippen LogP contribution in [0.5, 0.6) is 0 Å². The largest absolute Gasteiger partial charge is 0.0825 e. The van der Waals surface area contributed by atoms with Gasteiger partial charge in [-0.2, -0.15) is 0 Å². The minimum absolute atomic E-state index is 0.775. The maximum absolute atomic E-state index is 2.47. The molecule has 0 aliphatic heterocycles. The van der Waals surface area contributed by atoms with Crippen molar-refractivity contribution in [3.8, 4) is 0 Å². The van der Waals surface area contributed by atoms with E-state index >= 15 is 0 Å². The first-order valence-corrected chi connectivity index (χ1v) is 5.44. The van der Waals surface area contributed by atoms with Gasteiger partial charge >= 0.3 is 0 Å². The van der Waals surface area contributed by atoms with Gasteiger partial charge in [-0.3, -0.25) is 0 Å². The lowest BCUT2D eigenvalue weighted by atomic mass is 9.99. The maximum atomic E-state index is 2.47. The molecule has 0 aromatic rings. The number of allylic oxidation sites excluding steroid dienone is 2. The smallest absolute Gasteiger partial charge is 0.0262 e.